The third-order valence-corrected chi connectivity index (χ3v) is 4.63. The van der Waals surface area contributed by atoms with Gasteiger partial charge >= 0.3 is 6.09 Å². The Balaban J connectivity index is 1.52. The normalized spacial score (nSPS) is 16.0. The minimum absolute atomic E-state index is 0.202. The first-order valence-corrected chi connectivity index (χ1v) is 9.13. The van der Waals surface area contributed by atoms with Gasteiger partial charge in [0, 0.05) is 31.1 Å². The zero-order valence-corrected chi connectivity index (χ0v) is 15.7. The fraction of sp³-hybridized carbons (Fsp3) is 0.190. The summed E-state index contributed by atoms with van der Waals surface area (Å²) in [5.41, 5.74) is 2.43. The highest BCUT2D eigenvalue weighted by Gasteiger charge is 2.32. The standard InChI is InChI=1S/C21H19FN4O3/c1-14(27)24-11-17-13-26(21(28)29-17)16-5-6-20(18(22)10-16)25-9-7-15(12-25)19-4-2-3-8-23-19/h2-10,12,17H,11,13H2,1H3,(H,24,27)/t17-/m0/s1. The van der Waals surface area contributed by atoms with E-state index in [1.165, 1.54) is 17.9 Å². The number of aromatic nitrogens is 2. The van der Waals surface area contributed by atoms with Crippen LogP contribution in [-0.2, 0) is 9.53 Å². The van der Waals surface area contributed by atoms with Crippen molar-refractivity contribution in [1.82, 2.24) is 14.9 Å². The number of rotatable bonds is 5. The molecule has 29 heavy (non-hydrogen) atoms. The number of nitrogens with one attached hydrogen (secondary N) is 1. The van der Waals surface area contributed by atoms with E-state index < -0.39 is 18.0 Å². The molecule has 0 spiro atoms. The lowest BCUT2D eigenvalue weighted by molar-refractivity contribution is -0.119. The summed E-state index contributed by atoms with van der Waals surface area (Å²) in [6, 6.07) is 12.1. The Bertz CT molecular complexity index is 1050. The van der Waals surface area contributed by atoms with Gasteiger partial charge < -0.3 is 14.6 Å². The molecule has 1 aliphatic heterocycles. The maximum atomic E-state index is 14.8. The third kappa shape index (κ3) is 3.96. The molecule has 1 N–H and O–H groups in total. The summed E-state index contributed by atoms with van der Waals surface area (Å²) in [6.45, 7) is 1.85. The van der Waals surface area contributed by atoms with Crippen molar-refractivity contribution in [3.8, 4) is 16.9 Å². The molecule has 1 aromatic carbocycles. The maximum Gasteiger partial charge on any atom is 0.414 e. The molecule has 0 unspecified atom stereocenters. The van der Waals surface area contributed by atoms with Gasteiger partial charge in [-0.3, -0.25) is 14.7 Å². The van der Waals surface area contributed by atoms with Gasteiger partial charge in [-0.15, -0.1) is 0 Å². The largest absolute Gasteiger partial charge is 0.442 e. The number of amides is 2. The first-order valence-electron chi connectivity index (χ1n) is 9.13. The molecule has 8 heteroatoms. The number of carbonyl (C=O) groups excluding carboxylic acids is 2. The highest BCUT2D eigenvalue weighted by Crippen LogP contribution is 2.27. The molecular formula is C21H19FN4O3. The van der Waals surface area contributed by atoms with Crippen LogP contribution in [0.3, 0.4) is 0 Å². The minimum Gasteiger partial charge on any atom is -0.442 e. The Kier molecular flexibility index (Phi) is 4.99. The number of hydrogen-bond donors (Lipinski definition) is 1. The smallest absolute Gasteiger partial charge is 0.414 e. The molecule has 0 saturated carbocycles. The number of benzene rings is 1. The van der Waals surface area contributed by atoms with E-state index in [9.17, 15) is 14.0 Å². The van der Waals surface area contributed by atoms with Crippen LogP contribution in [0.25, 0.3) is 16.9 Å². The zero-order chi connectivity index (χ0) is 20.4. The second-order valence-corrected chi connectivity index (χ2v) is 6.71. The molecule has 0 radical (unpaired) electrons. The van der Waals surface area contributed by atoms with E-state index >= 15 is 0 Å². The fourth-order valence-corrected chi connectivity index (χ4v) is 3.20. The summed E-state index contributed by atoms with van der Waals surface area (Å²) in [6.07, 6.45) is 4.23. The molecule has 4 rings (SSSR count). The topological polar surface area (TPSA) is 76.5 Å². The van der Waals surface area contributed by atoms with Gasteiger partial charge in [0.05, 0.1) is 30.2 Å². The molecule has 0 aliphatic carbocycles. The first kappa shape index (κ1) is 18.7. The van der Waals surface area contributed by atoms with E-state index in [1.807, 2.05) is 24.3 Å². The molecule has 0 bridgehead atoms. The van der Waals surface area contributed by atoms with Crippen LogP contribution in [0.2, 0.25) is 0 Å². The Morgan fingerprint density at radius 1 is 1.31 bits per heavy atom. The number of hydrogen-bond acceptors (Lipinski definition) is 4. The SMILES string of the molecule is CC(=O)NC[C@H]1CN(c2ccc(-n3ccc(-c4ccccn4)c3)c(F)c2)C(=O)O1. The third-order valence-electron chi connectivity index (χ3n) is 4.63. The quantitative estimate of drug-likeness (QED) is 0.721. The molecule has 3 aromatic rings. The van der Waals surface area contributed by atoms with E-state index in [4.69, 9.17) is 4.74 Å². The molecule has 1 aliphatic rings. The second kappa shape index (κ2) is 7.75. The Morgan fingerprint density at radius 3 is 2.90 bits per heavy atom. The number of ether oxygens (including phenoxy) is 1. The van der Waals surface area contributed by atoms with Crippen molar-refractivity contribution in [3.63, 3.8) is 0 Å². The summed E-state index contributed by atoms with van der Waals surface area (Å²) in [5, 5.41) is 2.61. The molecule has 7 nitrogen and oxygen atoms in total. The van der Waals surface area contributed by atoms with Crippen LogP contribution in [0.1, 0.15) is 6.92 Å². The van der Waals surface area contributed by atoms with Crippen LogP contribution >= 0.6 is 0 Å². The van der Waals surface area contributed by atoms with Gasteiger partial charge in [0.2, 0.25) is 5.91 Å². The molecule has 1 fully saturated rings. The lowest BCUT2D eigenvalue weighted by Crippen LogP contribution is -2.33. The number of nitrogens with zero attached hydrogens (tertiary/aromatic N) is 3. The monoisotopic (exact) mass is 394 g/mol. The number of halogens is 1. The van der Waals surface area contributed by atoms with Crippen LogP contribution in [0.5, 0.6) is 0 Å². The Morgan fingerprint density at radius 2 is 2.17 bits per heavy atom. The van der Waals surface area contributed by atoms with Crippen LogP contribution in [0, 0.1) is 5.82 Å². The van der Waals surface area contributed by atoms with E-state index in [-0.39, 0.29) is 19.0 Å². The zero-order valence-electron chi connectivity index (χ0n) is 15.7. The molecule has 3 heterocycles. The van der Waals surface area contributed by atoms with Crippen molar-refractivity contribution in [1.29, 1.82) is 0 Å². The average Bonchev–Trinajstić information content (AvgIpc) is 3.34. The number of cyclic esters (lactones) is 1. The van der Waals surface area contributed by atoms with Gasteiger partial charge in [-0.25, -0.2) is 9.18 Å². The van der Waals surface area contributed by atoms with Gasteiger partial charge in [0.1, 0.15) is 11.9 Å². The maximum absolute atomic E-state index is 14.8. The van der Waals surface area contributed by atoms with Gasteiger partial charge in [-0.1, -0.05) is 6.07 Å². The van der Waals surface area contributed by atoms with Gasteiger partial charge in [0.15, 0.2) is 0 Å². The summed E-state index contributed by atoms with van der Waals surface area (Å²) >= 11 is 0. The molecule has 1 saturated heterocycles. The van der Waals surface area contributed by atoms with Crippen molar-refractivity contribution in [2.75, 3.05) is 18.0 Å². The Hall–Kier alpha value is -3.68. The van der Waals surface area contributed by atoms with Gasteiger partial charge in [0.25, 0.3) is 0 Å². The van der Waals surface area contributed by atoms with E-state index in [2.05, 4.69) is 10.3 Å². The van der Waals surface area contributed by atoms with E-state index in [1.54, 1.807) is 35.3 Å². The van der Waals surface area contributed by atoms with Gasteiger partial charge in [-0.05, 0) is 36.4 Å². The average molecular weight is 394 g/mol. The number of anilines is 1. The second-order valence-electron chi connectivity index (χ2n) is 6.71. The lowest BCUT2D eigenvalue weighted by Gasteiger charge is -2.14. The first-order chi connectivity index (χ1) is 14.0. The highest BCUT2D eigenvalue weighted by molar-refractivity contribution is 5.90. The van der Waals surface area contributed by atoms with Crippen LogP contribution < -0.4 is 10.2 Å². The summed E-state index contributed by atoms with van der Waals surface area (Å²) in [5.74, 6) is -0.671. The van der Waals surface area contributed by atoms with Crippen LogP contribution in [0.15, 0.2) is 61.1 Å². The summed E-state index contributed by atoms with van der Waals surface area (Å²) < 4.78 is 21.7. The van der Waals surface area contributed by atoms with Crippen LogP contribution in [0.4, 0.5) is 14.9 Å². The predicted octanol–water partition coefficient (Wildman–Crippen LogP) is 3.14. The van der Waals surface area contributed by atoms with Crippen molar-refractivity contribution in [3.05, 3.63) is 66.9 Å². The number of carbonyl (C=O) groups is 2. The molecule has 2 amide bonds. The molecular weight excluding hydrogens is 375 g/mol. The molecule has 2 aromatic heterocycles. The Labute approximate surface area is 166 Å². The number of pyridine rings is 1. The van der Waals surface area contributed by atoms with Crippen molar-refractivity contribution in [2.45, 2.75) is 13.0 Å². The highest BCUT2D eigenvalue weighted by atomic mass is 19.1. The fourth-order valence-electron chi connectivity index (χ4n) is 3.20. The van der Waals surface area contributed by atoms with Crippen molar-refractivity contribution >= 4 is 17.7 Å². The summed E-state index contributed by atoms with van der Waals surface area (Å²) in [4.78, 5) is 28.8. The van der Waals surface area contributed by atoms with E-state index in [0.717, 1.165) is 11.3 Å². The summed E-state index contributed by atoms with van der Waals surface area (Å²) in [7, 11) is 0. The van der Waals surface area contributed by atoms with Crippen LogP contribution in [-0.4, -0.2) is 40.7 Å². The molecule has 148 valence electrons. The molecule has 1 atom stereocenters. The lowest BCUT2D eigenvalue weighted by atomic mass is 10.2. The minimum atomic E-state index is -0.564. The van der Waals surface area contributed by atoms with Crippen molar-refractivity contribution < 1.29 is 18.7 Å². The van der Waals surface area contributed by atoms with E-state index in [0.29, 0.717) is 11.4 Å². The predicted molar refractivity (Wildman–Crippen MR) is 105 cm³/mol. The van der Waals surface area contributed by atoms with Crippen molar-refractivity contribution in [2.24, 2.45) is 0 Å². The van der Waals surface area contributed by atoms with Gasteiger partial charge in [-0.2, -0.15) is 0 Å².